The monoisotopic (exact) mass is 1420 g/mol. The predicted molar refractivity (Wildman–Crippen MR) is 412 cm³/mol. The summed E-state index contributed by atoms with van der Waals surface area (Å²) in [4.78, 5) is 73.6. The van der Waals surface area contributed by atoms with Crippen LogP contribution >= 0.6 is 0 Å². The minimum atomic E-state index is 0.711. The molecule has 0 aliphatic heterocycles. The van der Waals surface area contributed by atoms with Crippen molar-refractivity contribution in [2.45, 2.75) is 96.9 Å². The first-order valence-electron chi connectivity index (χ1n) is 32.7. The van der Waals surface area contributed by atoms with Crippen molar-refractivity contribution in [1.82, 2.24) is 135 Å². The fourth-order valence-corrected chi connectivity index (χ4v) is 6.70. The molecule has 27 nitrogen and oxygen atoms in total. The highest BCUT2D eigenvalue weighted by Crippen LogP contribution is 2.12. The van der Waals surface area contributed by atoms with Crippen molar-refractivity contribution in [2.24, 2.45) is 0 Å². The van der Waals surface area contributed by atoms with E-state index in [1.54, 1.807) is 125 Å². The van der Waals surface area contributed by atoms with Crippen molar-refractivity contribution in [3.8, 4) is 0 Å². The first kappa shape index (κ1) is 86.4. The molecule has 0 N–H and O–H groups in total. The molecule has 0 saturated heterocycles. The van der Waals surface area contributed by atoms with Gasteiger partial charge in [-0.3, -0.25) is 29.9 Å². The molecule has 16 aromatic rings. The Kier molecular flexibility index (Phi) is 46.3. The number of aryl methyl sites for hydroxylation is 14. The van der Waals surface area contributed by atoms with Crippen LogP contribution in [0, 0.1) is 96.9 Å². The molecule has 27 heteroatoms. The van der Waals surface area contributed by atoms with Gasteiger partial charge in [0.15, 0.2) is 0 Å². The lowest BCUT2D eigenvalue weighted by Crippen LogP contribution is -1.86. The van der Waals surface area contributed by atoms with Gasteiger partial charge in [0, 0.05) is 139 Å². The van der Waals surface area contributed by atoms with Crippen LogP contribution in [0.25, 0.3) is 21.7 Å². The van der Waals surface area contributed by atoms with Gasteiger partial charge in [-0.1, -0.05) is 54.6 Å². The number of para-hydroxylation sites is 1. The maximum atomic E-state index is 4.26. The summed E-state index contributed by atoms with van der Waals surface area (Å²) in [5.41, 5.74) is 11.7. The van der Waals surface area contributed by atoms with Crippen molar-refractivity contribution in [3.63, 3.8) is 0 Å². The van der Waals surface area contributed by atoms with Gasteiger partial charge in [0.2, 0.25) is 0 Å². The van der Waals surface area contributed by atoms with E-state index >= 15 is 0 Å². The van der Waals surface area contributed by atoms with Crippen LogP contribution in [0.2, 0.25) is 0 Å². The molecule has 0 amide bonds. The van der Waals surface area contributed by atoms with Crippen molar-refractivity contribution in [2.75, 3.05) is 0 Å². The molecular formula is C79H89N27. The third kappa shape index (κ3) is 48.0. The zero-order chi connectivity index (χ0) is 76.7. The average Bonchev–Trinajstić information content (AvgIpc) is 0.859. The average molecular weight is 1420 g/mol. The van der Waals surface area contributed by atoms with Crippen LogP contribution in [0.1, 0.15) is 79.7 Å². The van der Waals surface area contributed by atoms with Crippen molar-refractivity contribution in [3.05, 3.63) is 369 Å². The number of hydrogen-bond donors (Lipinski definition) is 0. The van der Waals surface area contributed by atoms with Gasteiger partial charge >= 0.3 is 0 Å². The Morgan fingerprint density at radius 1 is 0.198 bits per heavy atom. The molecule has 0 atom stereocenters. The summed E-state index contributed by atoms with van der Waals surface area (Å²) in [6.07, 6.45) is 43.8. The van der Waals surface area contributed by atoms with Crippen LogP contribution in [0.3, 0.4) is 0 Å². The van der Waals surface area contributed by atoms with E-state index in [0.29, 0.717) is 5.82 Å². The van der Waals surface area contributed by atoms with E-state index in [9.17, 15) is 0 Å². The summed E-state index contributed by atoms with van der Waals surface area (Å²) in [6.45, 7) is 27.0. The van der Waals surface area contributed by atoms with Gasteiger partial charge in [-0.05, 0) is 197 Å². The predicted octanol–water partition coefficient (Wildman–Crippen LogP) is 13.9. The fourth-order valence-electron chi connectivity index (χ4n) is 6.70. The van der Waals surface area contributed by atoms with E-state index in [4.69, 9.17) is 0 Å². The molecule has 0 aliphatic carbocycles. The fraction of sp³-hybridized carbons (Fsp3) is 0.177. The van der Waals surface area contributed by atoms with Crippen molar-refractivity contribution < 1.29 is 0 Å². The Morgan fingerprint density at radius 2 is 0.755 bits per heavy atom. The molecule has 0 aliphatic rings. The minimum absolute atomic E-state index is 0.711. The smallest absolute Gasteiger partial charge is 0.147 e. The number of nitrogens with zero attached hydrogens (tertiary/aromatic N) is 27. The molecule has 16 rings (SSSR count). The molecule has 0 saturated carbocycles. The lowest BCUT2D eigenvalue weighted by Gasteiger charge is -1.96. The van der Waals surface area contributed by atoms with Gasteiger partial charge in [0.25, 0.3) is 0 Å². The number of hydrogen-bond acceptors (Lipinski definition) is 27. The zero-order valence-corrected chi connectivity index (χ0v) is 62.2. The highest BCUT2D eigenvalue weighted by Gasteiger charge is 1.93. The molecule has 540 valence electrons. The standard InChI is InChI=1S/C10H9N.C9H8N2.3C6H7N.6C5H6N2.3C4H5N3/c1-8-6-9-4-2-3-5-10(9)7-11-8;1-7-10-6-8-4-2-3-5-9(8)11-7;1-6-2-4-7-5-3-6;1-6-3-2-4-7-5-6;1-6-4-2-3-5-7-6;1-5-2-6-4-7-3-5;1-5-4-6-2-3-7-5;1-5-2-3-6-4-7-5;1-5-2-3-6-7-4-5;1-5-6-3-2-4-7-5;1-5-3-2-4-6-7-5;1-4-6-2-5-3-7-4;1-4-2-6-7-3-5-4;1-4-5-2-3-6-7-4/h2-7H,1H3;2-6H,1H3;3*2-5H,1H3;6*2-4H,1H3;3*2-3H,1H3. The molecule has 14 heterocycles. The van der Waals surface area contributed by atoms with Gasteiger partial charge < -0.3 is 0 Å². The molecule has 0 radical (unpaired) electrons. The maximum absolute atomic E-state index is 4.26. The summed E-state index contributed by atoms with van der Waals surface area (Å²) in [5, 5.41) is 32.4. The normalized spacial score (nSPS) is 9.04. The number of aromatic nitrogens is 27. The van der Waals surface area contributed by atoms with Crippen LogP contribution < -0.4 is 0 Å². The summed E-state index contributed by atoms with van der Waals surface area (Å²) in [7, 11) is 0. The van der Waals surface area contributed by atoms with Crippen molar-refractivity contribution >= 4 is 21.7 Å². The van der Waals surface area contributed by atoms with Crippen LogP contribution in [-0.4, -0.2) is 135 Å². The summed E-state index contributed by atoms with van der Waals surface area (Å²) in [5.74, 6) is 3.11. The quantitative estimate of drug-likeness (QED) is 0.136. The van der Waals surface area contributed by atoms with Gasteiger partial charge in [-0.15, -0.1) is 10.2 Å². The molecule has 0 spiro atoms. The first-order valence-corrected chi connectivity index (χ1v) is 32.7. The van der Waals surface area contributed by atoms with E-state index in [0.717, 1.165) is 73.7 Å². The summed E-state index contributed by atoms with van der Waals surface area (Å²) < 4.78 is 0. The first-order chi connectivity index (χ1) is 51.4. The van der Waals surface area contributed by atoms with Crippen LogP contribution in [-0.2, 0) is 0 Å². The summed E-state index contributed by atoms with van der Waals surface area (Å²) in [6, 6.07) is 41.4. The van der Waals surface area contributed by atoms with Gasteiger partial charge in [-0.25, -0.2) is 64.8 Å². The third-order valence-corrected chi connectivity index (χ3v) is 11.9. The van der Waals surface area contributed by atoms with Crippen molar-refractivity contribution in [1.29, 1.82) is 0 Å². The number of rotatable bonds is 0. The molecule has 106 heavy (non-hydrogen) atoms. The SMILES string of the molecule is Cc1cc2ccccc2cn1.Cc1ccccn1.Cc1cccnc1.Cc1cccnn1.Cc1ccncc1.Cc1ccncn1.Cc1ccnnc1.Cc1cnccn1.Cc1cncnc1.Cc1cnncn1.Cc1ncc2ccccc2n1.Cc1ncccn1.Cc1nccnn1.Cc1ncncn1. The van der Waals surface area contributed by atoms with Crippen LogP contribution in [0.15, 0.2) is 289 Å². The largest absolute Gasteiger partial charge is 0.265 e. The van der Waals surface area contributed by atoms with Crippen LogP contribution in [0.5, 0.6) is 0 Å². The maximum Gasteiger partial charge on any atom is 0.147 e. The van der Waals surface area contributed by atoms with Gasteiger partial charge in [-0.2, -0.15) is 30.6 Å². The Hall–Kier alpha value is -13.9. The Bertz CT molecular complexity index is 3770. The lowest BCUT2D eigenvalue weighted by molar-refractivity contribution is 0.907. The lowest BCUT2D eigenvalue weighted by atomic mass is 10.1. The van der Waals surface area contributed by atoms with E-state index in [1.807, 2.05) is 212 Å². The second kappa shape index (κ2) is 56.9. The highest BCUT2D eigenvalue weighted by molar-refractivity contribution is 5.81. The molecule has 2 aromatic carbocycles. The molecular weight excluding hydrogens is 1330 g/mol. The minimum Gasteiger partial charge on any atom is -0.265 e. The Morgan fingerprint density at radius 3 is 1.15 bits per heavy atom. The van der Waals surface area contributed by atoms with Gasteiger partial charge in [0.1, 0.15) is 54.9 Å². The third-order valence-electron chi connectivity index (χ3n) is 11.9. The van der Waals surface area contributed by atoms with Crippen LogP contribution in [0.4, 0.5) is 0 Å². The van der Waals surface area contributed by atoms with E-state index in [1.165, 1.54) is 53.5 Å². The second-order valence-corrected chi connectivity index (χ2v) is 21.5. The van der Waals surface area contributed by atoms with E-state index in [2.05, 4.69) is 154 Å². The molecule has 0 fully saturated rings. The molecule has 0 unspecified atom stereocenters. The van der Waals surface area contributed by atoms with E-state index in [-0.39, 0.29) is 0 Å². The van der Waals surface area contributed by atoms with Gasteiger partial charge in [0.05, 0.1) is 41.2 Å². The Labute approximate surface area is 620 Å². The number of pyridine rings is 4. The highest BCUT2D eigenvalue weighted by atomic mass is 15.1. The number of benzene rings is 2. The Balaban J connectivity index is 0.000000297. The summed E-state index contributed by atoms with van der Waals surface area (Å²) >= 11 is 0. The second-order valence-electron chi connectivity index (χ2n) is 21.5. The molecule has 0 bridgehead atoms. The zero-order valence-electron chi connectivity index (χ0n) is 62.2. The number of fused-ring (bicyclic) bond motifs is 2. The topological polar surface area (TPSA) is 348 Å². The van der Waals surface area contributed by atoms with E-state index < -0.39 is 0 Å². The molecule has 14 aromatic heterocycles.